The summed E-state index contributed by atoms with van der Waals surface area (Å²) in [4.78, 5) is 17.3. The van der Waals surface area contributed by atoms with Crippen LogP contribution in [0.3, 0.4) is 0 Å². The molecule has 0 aliphatic carbocycles. The third-order valence-corrected chi connectivity index (χ3v) is 4.68. The largest absolute Gasteiger partial charge is 0.352 e. The number of hydrogen-bond acceptors (Lipinski definition) is 4. The normalized spacial score (nSPS) is 10.8. The molecule has 28 heavy (non-hydrogen) atoms. The van der Waals surface area contributed by atoms with E-state index < -0.39 is 0 Å². The lowest BCUT2D eigenvalue weighted by molar-refractivity contribution is 0.0954. The van der Waals surface area contributed by atoms with E-state index in [1.54, 1.807) is 0 Å². The van der Waals surface area contributed by atoms with Gasteiger partial charge in [-0.15, -0.1) is 12.4 Å². The first-order chi connectivity index (χ1) is 13.3. The Hall–Kier alpha value is -2.21. The smallest absolute Gasteiger partial charge is 0.253 e. The summed E-state index contributed by atoms with van der Waals surface area (Å²) in [6.07, 6.45) is 4.41. The molecule has 0 radical (unpaired) electrons. The topological polar surface area (TPSA) is 80.0 Å². The van der Waals surface area contributed by atoms with Gasteiger partial charge in [0, 0.05) is 30.4 Å². The second-order valence-electron chi connectivity index (χ2n) is 6.77. The zero-order valence-electron chi connectivity index (χ0n) is 16.1. The Morgan fingerprint density at radius 2 is 1.64 bits per heavy atom. The summed E-state index contributed by atoms with van der Waals surface area (Å²) in [5.41, 5.74) is 7.76. The first kappa shape index (κ1) is 22.1. The van der Waals surface area contributed by atoms with Crippen molar-refractivity contribution in [1.29, 1.82) is 0 Å². The Morgan fingerprint density at radius 1 is 0.893 bits per heavy atom. The average molecular weight is 401 g/mol. The molecule has 0 fully saturated rings. The van der Waals surface area contributed by atoms with Crippen molar-refractivity contribution >= 4 is 40.1 Å². The molecule has 1 aromatic heterocycles. The second kappa shape index (κ2) is 11.6. The molecule has 3 rings (SSSR count). The number of hydrogen-bond donors (Lipinski definition) is 3. The SMILES string of the molecule is Cl.NCCNCCCCCCNC(=O)c1cccc2cc3ccccc3nc12. The van der Waals surface area contributed by atoms with Gasteiger partial charge < -0.3 is 16.4 Å². The van der Waals surface area contributed by atoms with E-state index in [2.05, 4.69) is 16.7 Å². The molecule has 0 atom stereocenters. The quantitative estimate of drug-likeness (QED) is 0.358. The van der Waals surface area contributed by atoms with Crippen LogP contribution in [0.15, 0.2) is 48.5 Å². The van der Waals surface area contributed by atoms with Crippen LogP contribution in [0.25, 0.3) is 21.8 Å². The number of pyridine rings is 1. The lowest BCUT2D eigenvalue weighted by Gasteiger charge is -2.09. The van der Waals surface area contributed by atoms with E-state index >= 15 is 0 Å². The van der Waals surface area contributed by atoms with E-state index in [-0.39, 0.29) is 18.3 Å². The van der Waals surface area contributed by atoms with Crippen LogP contribution < -0.4 is 16.4 Å². The van der Waals surface area contributed by atoms with Crippen molar-refractivity contribution in [2.24, 2.45) is 5.73 Å². The average Bonchev–Trinajstić information content (AvgIpc) is 2.70. The summed E-state index contributed by atoms with van der Waals surface area (Å²) < 4.78 is 0. The minimum Gasteiger partial charge on any atom is -0.352 e. The van der Waals surface area contributed by atoms with Crippen molar-refractivity contribution in [2.45, 2.75) is 25.7 Å². The Morgan fingerprint density at radius 3 is 2.46 bits per heavy atom. The third-order valence-electron chi connectivity index (χ3n) is 4.68. The first-order valence-electron chi connectivity index (χ1n) is 9.77. The molecule has 0 aliphatic rings. The lowest BCUT2D eigenvalue weighted by atomic mass is 10.1. The standard InChI is InChI=1S/C22H28N4O.ClH/c23-12-15-24-13-5-1-2-6-14-25-22(27)19-10-7-9-18-16-17-8-3-4-11-20(17)26-21(18)19;/h3-4,7-11,16,24H,1-2,5-6,12-15,23H2,(H,25,27);1H. The number of halogens is 1. The summed E-state index contributed by atoms with van der Waals surface area (Å²) in [5.74, 6) is -0.0482. The maximum atomic E-state index is 12.6. The fraction of sp³-hybridized carbons (Fsp3) is 0.364. The molecule has 1 amide bonds. The third kappa shape index (κ3) is 5.89. The molecule has 4 N–H and O–H groups in total. The van der Waals surface area contributed by atoms with Gasteiger partial charge in [0.25, 0.3) is 5.91 Å². The minimum absolute atomic E-state index is 0. The van der Waals surface area contributed by atoms with Gasteiger partial charge in [0.2, 0.25) is 0 Å². The monoisotopic (exact) mass is 400 g/mol. The van der Waals surface area contributed by atoms with Crippen LogP contribution in [-0.4, -0.2) is 37.1 Å². The summed E-state index contributed by atoms with van der Waals surface area (Å²) >= 11 is 0. The van der Waals surface area contributed by atoms with Gasteiger partial charge in [-0.3, -0.25) is 4.79 Å². The fourth-order valence-corrected chi connectivity index (χ4v) is 3.24. The number of rotatable bonds is 10. The molecule has 5 nitrogen and oxygen atoms in total. The molecule has 0 saturated heterocycles. The van der Waals surface area contributed by atoms with Crippen molar-refractivity contribution in [3.63, 3.8) is 0 Å². The van der Waals surface area contributed by atoms with Crippen molar-refractivity contribution in [2.75, 3.05) is 26.2 Å². The van der Waals surface area contributed by atoms with Crippen molar-refractivity contribution in [3.8, 4) is 0 Å². The van der Waals surface area contributed by atoms with Gasteiger partial charge in [0.1, 0.15) is 0 Å². The molecule has 0 aliphatic heterocycles. The number of fused-ring (bicyclic) bond motifs is 2. The molecule has 0 unspecified atom stereocenters. The highest BCUT2D eigenvalue weighted by Crippen LogP contribution is 2.22. The predicted octanol–water partition coefficient (Wildman–Crippen LogP) is 3.65. The van der Waals surface area contributed by atoms with Crippen LogP contribution >= 0.6 is 12.4 Å². The summed E-state index contributed by atoms with van der Waals surface area (Å²) in [5, 5.41) is 8.41. The number of nitrogens with zero attached hydrogens (tertiary/aromatic N) is 1. The number of benzene rings is 2. The summed E-state index contributed by atoms with van der Waals surface area (Å²) in [6.45, 7) is 3.27. The van der Waals surface area contributed by atoms with Gasteiger partial charge in [0.15, 0.2) is 0 Å². The van der Waals surface area contributed by atoms with Crippen LogP contribution in [0.4, 0.5) is 0 Å². The van der Waals surface area contributed by atoms with E-state index in [1.165, 1.54) is 0 Å². The molecule has 0 bridgehead atoms. The maximum Gasteiger partial charge on any atom is 0.253 e. The Labute approximate surface area is 172 Å². The number of unbranched alkanes of at least 4 members (excludes halogenated alkanes) is 3. The van der Waals surface area contributed by atoms with Gasteiger partial charge in [-0.05, 0) is 37.6 Å². The zero-order chi connectivity index (χ0) is 18.9. The highest BCUT2D eigenvalue weighted by Gasteiger charge is 2.11. The van der Waals surface area contributed by atoms with E-state index in [0.717, 1.165) is 60.6 Å². The number of nitrogens with one attached hydrogen (secondary N) is 2. The molecule has 2 aromatic carbocycles. The number of amides is 1. The van der Waals surface area contributed by atoms with Gasteiger partial charge in [-0.25, -0.2) is 4.98 Å². The van der Waals surface area contributed by atoms with Crippen LogP contribution in [0.1, 0.15) is 36.0 Å². The summed E-state index contributed by atoms with van der Waals surface area (Å²) in [7, 11) is 0. The lowest BCUT2D eigenvalue weighted by Crippen LogP contribution is -2.25. The van der Waals surface area contributed by atoms with Crippen LogP contribution in [0.5, 0.6) is 0 Å². The fourth-order valence-electron chi connectivity index (χ4n) is 3.24. The minimum atomic E-state index is -0.0482. The van der Waals surface area contributed by atoms with Gasteiger partial charge in [0.05, 0.1) is 16.6 Å². The molecule has 6 heteroatoms. The van der Waals surface area contributed by atoms with E-state index in [4.69, 9.17) is 10.7 Å². The molecule has 3 aromatic rings. The van der Waals surface area contributed by atoms with Crippen molar-refractivity contribution in [3.05, 3.63) is 54.1 Å². The van der Waals surface area contributed by atoms with Crippen molar-refractivity contribution in [1.82, 2.24) is 15.6 Å². The Balaban J connectivity index is 0.00000280. The molecule has 1 heterocycles. The van der Waals surface area contributed by atoms with Crippen molar-refractivity contribution < 1.29 is 4.79 Å². The number of aromatic nitrogens is 1. The molecule has 0 saturated carbocycles. The second-order valence-corrected chi connectivity index (χ2v) is 6.77. The van der Waals surface area contributed by atoms with Gasteiger partial charge >= 0.3 is 0 Å². The van der Waals surface area contributed by atoms with E-state index in [0.29, 0.717) is 18.7 Å². The number of nitrogens with two attached hydrogens (primary N) is 1. The number of carbonyl (C=O) groups is 1. The molecular weight excluding hydrogens is 372 g/mol. The molecule has 0 spiro atoms. The number of carbonyl (C=O) groups excluding carboxylic acids is 1. The summed E-state index contributed by atoms with van der Waals surface area (Å²) in [6, 6.07) is 15.9. The van der Waals surface area contributed by atoms with Crippen LogP contribution in [0.2, 0.25) is 0 Å². The van der Waals surface area contributed by atoms with Gasteiger partial charge in [-0.2, -0.15) is 0 Å². The Bertz CT molecular complexity index is 900. The van der Waals surface area contributed by atoms with Crippen LogP contribution in [-0.2, 0) is 0 Å². The predicted molar refractivity (Wildman–Crippen MR) is 119 cm³/mol. The van der Waals surface area contributed by atoms with E-state index in [9.17, 15) is 4.79 Å². The zero-order valence-corrected chi connectivity index (χ0v) is 16.9. The Kier molecular flexibility index (Phi) is 9.14. The molecule has 150 valence electrons. The highest BCUT2D eigenvalue weighted by molar-refractivity contribution is 6.07. The molecular formula is C22H29ClN4O. The highest BCUT2D eigenvalue weighted by atomic mass is 35.5. The van der Waals surface area contributed by atoms with Crippen LogP contribution in [0, 0.1) is 0 Å². The van der Waals surface area contributed by atoms with Gasteiger partial charge in [-0.1, -0.05) is 43.2 Å². The van der Waals surface area contributed by atoms with E-state index in [1.807, 2.05) is 42.5 Å². The first-order valence-corrected chi connectivity index (χ1v) is 9.77. The number of para-hydroxylation sites is 2. The maximum absolute atomic E-state index is 12.6.